The van der Waals surface area contributed by atoms with E-state index in [9.17, 15) is 0 Å². The van der Waals surface area contributed by atoms with Crippen molar-refractivity contribution in [2.24, 2.45) is 5.73 Å². The molecule has 1 aliphatic rings. The van der Waals surface area contributed by atoms with Crippen molar-refractivity contribution in [3.8, 4) is 0 Å². The molecule has 2 N–H and O–H groups in total. The standard InChI is InChI=1S/C15H24N4OS/c1-5-11-12(6-2)17-18-15(13(11)14(16)21)19-7-10(4)20-8-9(19)3/h9-10H,5-8H2,1-4H3,(H2,16,21). The highest BCUT2D eigenvalue weighted by atomic mass is 32.1. The molecular weight excluding hydrogens is 284 g/mol. The van der Waals surface area contributed by atoms with Gasteiger partial charge in [0, 0.05) is 6.54 Å². The van der Waals surface area contributed by atoms with Crippen LogP contribution in [0.2, 0.25) is 0 Å². The van der Waals surface area contributed by atoms with E-state index in [0.717, 1.165) is 42.0 Å². The molecule has 0 bridgehead atoms. The molecule has 1 aliphatic heterocycles. The third-order valence-corrected chi connectivity index (χ3v) is 4.16. The summed E-state index contributed by atoms with van der Waals surface area (Å²) in [6.45, 7) is 9.82. The minimum atomic E-state index is 0.165. The first-order valence-electron chi connectivity index (χ1n) is 7.55. The predicted molar refractivity (Wildman–Crippen MR) is 88.9 cm³/mol. The van der Waals surface area contributed by atoms with Gasteiger partial charge in [-0.3, -0.25) is 0 Å². The van der Waals surface area contributed by atoms with E-state index in [4.69, 9.17) is 22.7 Å². The molecule has 0 amide bonds. The molecule has 1 saturated heterocycles. The van der Waals surface area contributed by atoms with Crippen LogP contribution < -0.4 is 10.6 Å². The maximum Gasteiger partial charge on any atom is 0.162 e. The molecule has 0 saturated carbocycles. The van der Waals surface area contributed by atoms with Gasteiger partial charge >= 0.3 is 0 Å². The maximum absolute atomic E-state index is 6.01. The smallest absolute Gasteiger partial charge is 0.162 e. The van der Waals surface area contributed by atoms with E-state index in [1.54, 1.807) is 0 Å². The van der Waals surface area contributed by atoms with Gasteiger partial charge in [0.15, 0.2) is 5.82 Å². The maximum atomic E-state index is 6.01. The number of rotatable bonds is 4. The van der Waals surface area contributed by atoms with E-state index < -0.39 is 0 Å². The number of anilines is 1. The summed E-state index contributed by atoms with van der Waals surface area (Å²) < 4.78 is 5.69. The van der Waals surface area contributed by atoms with Crippen LogP contribution in [0.1, 0.15) is 44.5 Å². The van der Waals surface area contributed by atoms with Gasteiger partial charge in [-0.1, -0.05) is 26.1 Å². The first-order chi connectivity index (χ1) is 9.99. The van der Waals surface area contributed by atoms with Crippen LogP contribution in [0, 0.1) is 0 Å². The Balaban J connectivity index is 2.54. The molecule has 2 heterocycles. The molecule has 1 fully saturated rings. The number of nitrogens with zero attached hydrogens (tertiary/aromatic N) is 3. The summed E-state index contributed by atoms with van der Waals surface area (Å²) in [7, 11) is 0. The van der Waals surface area contributed by atoms with E-state index in [1.807, 2.05) is 0 Å². The second-order valence-corrected chi connectivity index (χ2v) is 5.98. The molecule has 6 heteroatoms. The van der Waals surface area contributed by atoms with Gasteiger partial charge in [-0.2, -0.15) is 5.10 Å². The van der Waals surface area contributed by atoms with Crippen LogP contribution in [-0.2, 0) is 17.6 Å². The lowest BCUT2D eigenvalue weighted by Crippen LogP contribution is -2.48. The highest BCUT2D eigenvalue weighted by Gasteiger charge is 2.29. The van der Waals surface area contributed by atoms with Crippen molar-refractivity contribution in [2.75, 3.05) is 18.1 Å². The molecular formula is C15H24N4OS. The second-order valence-electron chi connectivity index (χ2n) is 5.54. The number of aromatic nitrogens is 2. The molecule has 0 radical (unpaired) electrons. The first-order valence-corrected chi connectivity index (χ1v) is 7.96. The third-order valence-electron chi connectivity index (χ3n) is 3.95. The van der Waals surface area contributed by atoms with Gasteiger partial charge in [-0.25, -0.2) is 0 Å². The zero-order valence-electron chi connectivity index (χ0n) is 13.2. The number of morpholine rings is 1. The Morgan fingerprint density at radius 3 is 2.62 bits per heavy atom. The lowest BCUT2D eigenvalue weighted by molar-refractivity contribution is 0.0339. The summed E-state index contributed by atoms with van der Waals surface area (Å²) >= 11 is 5.30. The van der Waals surface area contributed by atoms with Gasteiger partial charge in [0.25, 0.3) is 0 Å². The minimum absolute atomic E-state index is 0.165. The number of ether oxygens (including phenoxy) is 1. The number of hydrogen-bond donors (Lipinski definition) is 1. The fourth-order valence-electron chi connectivity index (χ4n) is 2.82. The lowest BCUT2D eigenvalue weighted by atomic mass is 10.0. The van der Waals surface area contributed by atoms with Gasteiger partial charge in [0.1, 0.15) is 4.99 Å². The fraction of sp³-hybridized carbons (Fsp3) is 0.667. The molecule has 0 aromatic carbocycles. The molecule has 21 heavy (non-hydrogen) atoms. The van der Waals surface area contributed by atoms with Gasteiger partial charge in [0.2, 0.25) is 0 Å². The van der Waals surface area contributed by atoms with E-state index in [1.165, 1.54) is 0 Å². The van der Waals surface area contributed by atoms with Crippen molar-refractivity contribution in [1.29, 1.82) is 0 Å². The molecule has 0 aliphatic carbocycles. The average Bonchev–Trinajstić information content (AvgIpc) is 2.47. The molecule has 1 aromatic rings. The van der Waals surface area contributed by atoms with Gasteiger partial charge in [0.05, 0.1) is 30.0 Å². The Morgan fingerprint density at radius 2 is 2.05 bits per heavy atom. The summed E-state index contributed by atoms with van der Waals surface area (Å²) in [6, 6.07) is 0.237. The highest BCUT2D eigenvalue weighted by molar-refractivity contribution is 7.80. The third kappa shape index (κ3) is 3.16. The zero-order valence-corrected chi connectivity index (χ0v) is 14.0. The summed E-state index contributed by atoms with van der Waals surface area (Å²) in [5.41, 5.74) is 9.01. The van der Waals surface area contributed by atoms with Crippen LogP contribution in [0.15, 0.2) is 0 Å². The molecule has 0 spiro atoms. The monoisotopic (exact) mass is 308 g/mol. The fourth-order valence-corrected chi connectivity index (χ4v) is 3.04. The molecule has 2 atom stereocenters. The second kappa shape index (κ2) is 6.66. The van der Waals surface area contributed by atoms with Gasteiger partial charge < -0.3 is 15.4 Å². The number of hydrogen-bond acceptors (Lipinski definition) is 5. The Kier molecular flexibility index (Phi) is 5.11. The number of aryl methyl sites for hydroxylation is 1. The van der Waals surface area contributed by atoms with E-state index in [0.29, 0.717) is 11.6 Å². The van der Waals surface area contributed by atoms with E-state index in [2.05, 4.69) is 42.8 Å². The largest absolute Gasteiger partial charge is 0.389 e. The Bertz CT molecular complexity index is 535. The topological polar surface area (TPSA) is 64.3 Å². The van der Waals surface area contributed by atoms with Crippen LogP contribution in [-0.4, -0.2) is 40.5 Å². The van der Waals surface area contributed by atoms with E-state index >= 15 is 0 Å². The van der Waals surface area contributed by atoms with Crippen LogP contribution >= 0.6 is 12.2 Å². The van der Waals surface area contributed by atoms with Crippen LogP contribution in [0.3, 0.4) is 0 Å². The van der Waals surface area contributed by atoms with Crippen molar-refractivity contribution >= 4 is 23.0 Å². The SMILES string of the molecule is CCc1nnc(N2CC(C)OCC2C)c(C(N)=S)c1CC. The molecule has 2 rings (SSSR count). The Morgan fingerprint density at radius 1 is 1.33 bits per heavy atom. The normalized spacial score (nSPS) is 22.4. The van der Waals surface area contributed by atoms with Crippen LogP contribution in [0.4, 0.5) is 5.82 Å². The molecule has 1 aromatic heterocycles. The molecule has 116 valence electrons. The highest BCUT2D eigenvalue weighted by Crippen LogP contribution is 2.27. The minimum Gasteiger partial charge on any atom is -0.389 e. The van der Waals surface area contributed by atoms with Gasteiger partial charge in [-0.05, 0) is 32.3 Å². The van der Waals surface area contributed by atoms with Crippen molar-refractivity contribution in [3.63, 3.8) is 0 Å². The summed E-state index contributed by atoms with van der Waals surface area (Å²) in [4.78, 5) is 2.62. The molecule has 5 nitrogen and oxygen atoms in total. The van der Waals surface area contributed by atoms with Crippen molar-refractivity contribution in [3.05, 3.63) is 16.8 Å². The Labute approximate surface area is 131 Å². The number of nitrogens with two attached hydrogens (primary N) is 1. The van der Waals surface area contributed by atoms with Crippen LogP contribution in [0.5, 0.6) is 0 Å². The summed E-state index contributed by atoms with van der Waals surface area (Å²) in [5, 5.41) is 8.84. The quantitative estimate of drug-likeness (QED) is 0.857. The van der Waals surface area contributed by atoms with Crippen molar-refractivity contribution in [1.82, 2.24) is 10.2 Å². The summed E-state index contributed by atoms with van der Waals surface area (Å²) in [6.07, 6.45) is 1.85. The van der Waals surface area contributed by atoms with Gasteiger partial charge in [-0.15, -0.1) is 5.10 Å². The first kappa shape index (κ1) is 16.1. The average molecular weight is 308 g/mol. The predicted octanol–water partition coefficient (Wildman–Crippen LogP) is 1.85. The van der Waals surface area contributed by atoms with Crippen LogP contribution in [0.25, 0.3) is 0 Å². The Hall–Kier alpha value is -1.27. The number of thiocarbonyl (C=S) groups is 1. The van der Waals surface area contributed by atoms with Crippen molar-refractivity contribution in [2.45, 2.75) is 52.7 Å². The summed E-state index contributed by atoms with van der Waals surface area (Å²) in [5.74, 6) is 0.805. The van der Waals surface area contributed by atoms with Crippen molar-refractivity contribution < 1.29 is 4.74 Å². The lowest BCUT2D eigenvalue weighted by Gasteiger charge is -2.38. The van der Waals surface area contributed by atoms with E-state index in [-0.39, 0.29) is 12.1 Å². The molecule has 2 unspecified atom stereocenters. The zero-order chi connectivity index (χ0) is 15.6.